The van der Waals surface area contributed by atoms with Gasteiger partial charge in [0.15, 0.2) is 0 Å². The lowest BCUT2D eigenvalue weighted by Crippen LogP contribution is -2.40. The Labute approximate surface area is 108 Å². The summed E-state index contributed by atoms with van der Waals surface area (Å²) in [5, 5.41) is 12.7. The first kappa shape index (κ1) is 14.1. The first-order chi connectivity index (χ1) is 8.02. The second kappa shape index (κ2) is 6.67. The fraction of sp³-hybridized carbons (Fsp3) is 0.417. The van der Waals surface area contributed by atoms with Crippen LogP contribution in [0.5, 0.6) is 0 Å². The van der Waals surface area contributed by atoms with E-state index in [-0.39, 0.29) is 24.4 Å². The zero-order chi connectivity index (χ0) is 12.8. The number of hydrogen-bond acceptors (Lipinski definition) is 2. The molecule has 1 rings (SSSR count). The Morgan fingerprint density at radius 3 is 2.53 bits per heavy atom. The van der Waals surface area contributed by atoms with Gasteiger partial charge in [0.1, 0.15) is 7.85 Å². The van der Waals surface area contributed by atoms with E-state index in [1.807, 2.05) is 26.9 Å². The number of aliphatic hydroxyl groups is 1. The SMILES string of the molecule is B[C@H](C)C(=O)N[C@H](CO)Cc1ccc(Cl)cc1. The minimum atomic E-state index is -0.244. The van der Waals surface area contributed by atoms with Crippen molar-refractivity contribution in [2.75, 3.05) is 6.61 Å². The van der Waals surface area contributed by atoms with Crippen LogP contribution >= 0.6 is 11.6 Å². The van der Waals surface area contributed by atoms with E-state index in [0.717, 1.165) is 5.56 Å². The van der Waals surface area contributed by atoms with Crippen LogP contribution in [-0.2, 0) is 11.2 Å². The van der Waals surface area contributed by atoms with Crippen LogP contribution in [0.2, 0.25) is 10.8 Å². The second-order valence-corrected chi connectivity index (χ2v) is 4.81. The summed E-state index contributed by atoms with van der Waals surface area (Å²) in [7, 11) is 1.83. The van der Waals surface area contributed by atoms with Crippen LogP contribution in [-0.4, -0.2) is 31.5 Å². The maximum absolute atomic E-state index is 11.5. The topological polar surface area (TPSA) is 49.3 Å². The predicted octanol–water partition coefficient (Wildman–Crippen LogP) is 0.801. The summed E-state index contributed by atoms with van der Waals surface area (Å²) < 4.78 is 0. The van der Waals surface area contributed by atoms with Crippen LogP contribution < -0.4 is 5.32 Å². The molecular formula is C12H17BClNO2. The van der Waals surface area contributed by atoms with Crippen molar-refractivity contribution in [2.24, 2.45) is 0 Å². The van der Waals surface area contributed by atoms with Crippen LogP contribution in [0.25, 0.3) is 0 Å². The molecule has 17 heavy (non-hydrogen) atoms. The molecule has 0 saturated carbocycles. The smallest absolute Gasteiger partial charge is 0.215 e. The summed E-state index contributed by atoms with van der Waals surface area (Å²) >= 11 is 5.79. The quantitative estimate of drug-likeness (QED) is 0.763. The van der Waals surface area contributed by atoms with Crippen molar-refractivity contribution < 1.29 is 9.90 Å². The van der Waals surface area contributed by atoms with E-state index in [2.05, 4.69) is 5.32 Å². The maximum Gasteiger partial charge on any atom is 0.215 e. The standard InChI is InChI=1S/C12H17BClNO2/c1-8(13)12(17)15-11(7-16)6-9-2-4-10(14)5-3-9/h2-5,8,11,16H,6-7,13H2,1H3,(H,15,17)/t8-,11+/m1/s1. The number of benzene rings is 1. The molecule has 1 aromatic carbocycles. The first-order valence-corrected chi connectivity index (χ1v) is 6.06. The second-order valence-electron chi connectivity index (χ2n) is 4.37. The average molecular weight is 254 g/mol. The zero-order valence-electron chi connectivity index (χ0n) is 10.1. The lowest BCUT2D eigenvalue weighted by molar-refractivity contribution is -0.121. The fourth-order valence-corrected chi connectivity index (χ4v) is 1.56. The molecule has 1 amide bonds. The third-order valence-corrected chi connectivity index (χ3v) is 2.74. The summed E-state index contributed by atoms with van der Waals surface area (Å²) in [6.45, 7) is 1.76. The van der Waals surface area contributed by atoms with Gasteiger partial charge in [-0.05, 0) is 24.1 Å². The summed E-state index contributed by atoms with van der Waals surface area (Å²) in [4.78, 5) is 11.5. The molecule has 2 N–H and O–H groups in total. The van der Waals surface area contributed by atoms with Gasteiger partial charge in [0.25, 0.3) is 0 Å². The predicted molar refractivity (Wildman–Crippen MR) is 72.1 cm³/mol. The Hall–Kier alpha value is -0.995. The van der Waals surface area contributed by atoms with Crippen molar-refractivity contribution >= 4 is 25.4 Å². The minimum absolute atomic E-state index is 0.0435. The minimum Gasteiger partial charge on any atom is -0.394 e. The Bertz CT molecular complexity index is 367. The van der Waals surface area contributed by atoms with Crippen LogP contribution in [0.1, 0.15) is 12.5 Å². The first-order valence-electron chi connectivity index (χ1n) is 5.68. The lowest BCUT2D eigenvalue weighted by atomic mass is 9.88. The Kier molecular flexibility index (Phi) is 5.52. The maximum atomic E-state index is 11.5. The number of amides is 1. The van der Waals surface area contributed by atoms with Gasteiger partial charge in [-0.2, -0.15) is 0 Å². The summed E-state index contributed by atoms with van der Waals surface area (Å²) in [6.07, 6.45) is 0.603. The van der Waals surface area contributed by atoms with Gasteiger partial charge >= 0.3 is 0 Å². The molecule has 0 spiro atoms. The number of aliphatic hydroxyl groups excluding tert-OH is 1. The molecule has 3 nitrogen and oxygen atoms in total. The van der Waals surface area contributed by atoms with Crippen LogP contribution in [0.15, 0.2) is 24.3 Å². The summed E-state index contributed by atoms with van der Waals surface area (Å²) in [5.74, 6) is -0.118. The molecule has 0 bridgehead atoms. The molecule has 0 aliphatic rings. The summed E-state index contributed by atoms with van der Waals surface area (Å²) in [5.41, 5.74) is 1.04. The third kappa shape index (κ3) is 4.80. The van der Waals surface area contributed by atoms with E-state index in [0.29, 0.717) is 11.4 Å². The molecule has 0 fully saturated rings. The normalized spacial score (nSPS) is 14.1. The Balaban J connectivity index is 2.57. The molecule has 0 heterocycles. The molecule has 1 aromatic rings. The zero-order valence-corrected chi connectivity index (χ0v) is 10.9. The van der Waals surface area contributed by atoms with Gasteiger partial charge < -0.3 is 10.4 Å². The summed E-state index contributed by atoms with van der Waals surface area (Å²) in [6, 6.07) is 7.15. The molecule has 0 saturated heterocycles. The largest absolute Gasteiger partial charge is 0.394 e. The van der Waals surface area contributed by atoms with Gasteiger partial charge in [-0.15, -0.1) is 0 Å². The van der Waals surface area contributed by atoms with Crippen LogP contribution in [0.4, 0.5) is 0 Å². The van der Waals surface area contributed by atoms with Crippen molar-refractivity contribution in [1.29, 1.82) is 0 Å². The van der Waals surface area contributed by atoms with Gasteiger partial charge in [-0.1, -0.05) is 30.7 Å². The van der Waals surface area contributed by atoms with Crippen molar-refractivity contribution in [2.45, 2.75) is 25.2 Å². The third-order valence-electron chi connectivity index (χ3n) is 2.49. The number of carbonyl (C=O) groups excluding carboxylic acids is 1. The number of hydrogen-bond donors (Lipinski definition) is 2. The van der Waals surface area contributed by atoms with E-state index >= 15 is 0 Å². The van der Waals surface area contributed by atoms with E-state index in [1.54, 1.807) is 12.1 Å². The van der Waals surface area contributed by atoms with Crippen LogP contribution in [0.3, 0.4) is 0 Å². The highest BCUT2D eigenvalue weighted by molar-refractivity contribution is 6.30. The molecular weight excluding hydrogens is 236 g/mol. The van der Waals surface area contributed by atoms with E-state index in [4.69, 9.17) is 11.6 Å². The monoisotopic (exact) mass is 253 g/mol. The van der Waals surface area contributed by atoms with E-state index in [1.165, 1.54) is 0 Å². The highest BCUT2D eigenvalue weighted by Gasteiger charge is 2.14. The number of halogens is 1. The highest BCUT2D eigenvalue weighted by atomic mass is 35.5. The van der Waals surface area contributed by atoms with Gasteiger partial charge in [-0.25, -0.2) is 0 Å². The van der Waals surface area contributed by atoms with Crippen molar-refractivity contribution in [3.63, 3.8) is 0 Å². The van der Waals surface area contributed by atoms with E-state index in [9.17, 15) is 9.90 Å². The molecule has 2 atom stereocenters. The Morgan fingerprint density at radius 2 is 2.06 bits per heavy atom. The van der Waals surface area contributed by atoms with Crippen LogP contribution in [0, 0.1) is 0 Å². The Morgan fingerprint density at radius 1 is 1.47 bits per heavy atom. The molecule has 0 aliphatic carbocycles. The molecule has 5 heteroatoms. The molecule has 0 radical (unpaired) electrons. The van der Waals surface area contributed by atoms with Gasteiger partial charge in [0, 0.05) is 10.8 Å². The van der Waals surface area contributed by atoms with Crippen molar-refractivity contribution in [1.82, 2.24) is 5.32 Å². The molecule has 0 aliphatic heterocycles. The van der Waals surface area contributed by atoms with E-state index < -0.39 is 0 Å². The molecule has 0 aromatic heterocycles. The van der Waals surface area contributed by atoms with Gasteiger partial charge in [-0.3, -0.25) is 4.79 Å². The lowest BCUT2D eigenvalue weighted by Gasteiger charge is -2.17. The molecule has 0 unspecified atom stereocenters. The van der Waals surface area contributed by atoms with Crippen molar-refractivity contribution in [3.05, 3.63) is 34.9 Å². The fourth-order valence-electron chi connectivity index (χ4n) is 1.43. The average Bonchev–Trinajstić information content (AvgIpc) is 2.30. The molecule has 92 valence electrons. The van der Waals surface area contributed by atoms with Crippen molar-refractivity contribution in [3.8, 4) is 0 Å². The van der Waals surface area contributed by atoms with Gasteiger partial charge in [0.2, 0.25) is 5.91 Å². The number of carbonyl (C=O) groups is 1. The highest BCUT2D eigenvalue weighted by Crippen LogP contribution is 2.11. The number of nitrogens with one attached hydrogen (secondary N) is 1. The number of rotatable bonds is 5. The van der Waals surface area contributed by atoms with Gasteiger partial charge in [0.05, 0.1) is 12.6 Å².